The van der Waals surface area contributed by atoms with E-state index in [0.717, 1.165) is 16.5 Å². The lowest BCUT2D eigenvalue weighted by Gasteiger charge is -2.18. The molecule has 1 aromatic carbocycles. The summed E-state index contributed by atoms with van der Waals surface area (Å²) in [5.41, 5.74) is 1.90. The molecule has 0 saturated carbocycles. The number of pyridine rings is 1. The van der Waals surface area contributed by atoms with Gasteiger partial charge in [0.2, 0.25) is 0 Å². The Morgan fingerprint density at radius 3 is 3.20 bits per heavy atom. The Bertz CT molecular complexity index is 551. The molecule has 2 heterocycles. The summed E-state index contributed by atoms with van der Waals surface area (Å²) in [7, 11) is 0. The molecule has 0 radical (unpaired) electrons. The van der Waals surface area contributed by atoms with Gasteiger partial charge in [0.1, 0.15) is 5.75 Å². The fraction of sp³-hybridized carbons (Fsp3) is 0.0909. The minimum atomic E-state index is -0.397. The van der Waals surface area contributed by atoms with Crippen molar-refractivity contribution in [1.82, 2.24) is 10.3 Å². The second-order valence-electron chi connectivity index (χ2n) is 3.36. The van der Waals surface area contributed by atoms with Gasteiger partial charge in [-0.3, -0.25) is 4.98 Å². The van der Waals surface area contributed by atoms with Gasteiger partial charge in [0.15, 0.2) is 0 Å². The van der Waals surface area contributed by atoms with Crippen LogP contribution >= 0.6 is 0 Å². The molecule has 0 aliphatic carbocycles. The summed E-state index contributed by atoms with van der Waals surface area (Å²) in [6.07, 6.45) is 1.35. The van der Waals surface area contributed by atoms with E-state index in [1.54, 1.807) is 12.3 Å². The van der Waals surface area contributed by atoms with Gasteiger partial charge in [0, 0.05) is 17.1 Å². The molecule has 1 amide bonds. The van der Waals surface area contributed by atoms with Crippen molar-refractivity contribution in [2.75, 3.05) is 0 Å². The van der Waals surface area contributed by atoms with Gasteiger partial charge in [0.25, 0.3) is 0 Å². The largest absolute Gasteiger partial charge is 0.412 e. The molecule has 1 N–H and O–H groups in total. The van der Waals surface area contributed by atoms with Crippen molar-refractivity contribution in [3.8, 4) is 5.75 Å². The minimum Gasteiger partial charge on any atom is -0.410 e. The molecule has 0 fully saturated rings. The highest BCUT2D eigenvalue weighted by atomic mass is 16.6. The number of benzene rings is 1. The van der Waals surface area contributed by atoms with E-state index in [9.17, 15) is 4.79 Å². The van der Waals surface area contributed by atoms with Gasteiger partial charge in [-0.2, -0.15) is 0 Å². The highest BCUT2D eigenvalue weighted by Crippen LogP contribution is 2.28. The zero-order chi connectivity index (χ0) is 10.3. The molecule has 2 aromatic rings. The van der Waals surface area contributed by atoms with Crippen LogP contribution in [0.15, 0.2) is 30.5 Å². The van der Waals surface area contributed by atoms with E-state index in [1.807, 2.05) is 18.2 Å². The Morgan fingerprint density at radius 1 is 1.33 bits per heavy atom. The predicted octanol–water partition coefficient (Wildman–Crippen LogP) is 1.84. The van der Waals surface area contributed by atoms with Crippen LogP contribution in [-0.4, -0.2) is 11.1 Å². The number of hydrogen-bond acceptors (Lipinski definition) is 3. The standard InChI is InChI=1S/C11H8N2O2/c14-11-13-6-8-7-2-1-5-12-9(7)3-4-10(8)15-11/h1-5H,6H2,(H,13,14). The maximum Gasteiger partial charge on any atom is 0.412 e. The topological polar surface area (TPSA) is 51.2 Å². The highest BCUT2D eigenvalue weighted by molar-refractivity contribution is 5.87. The van der Waals surface area contributed by atoms with Crippen LogP contribution in [0.5, 0.6) is 5.75 Å². The van der Waals surface area contributed by atoms with Crippen LogP contribution in [0.4, 0.5) is 4.79 Å². The molecule has 0 atom stereocenters. The summed E-state index contributed by atoms with van der Waals surface area (Å²) >= 11 is 0. The van der Waals surface area contributed by atoms with E-state index < -0.39 is 6.09 Å². The molecule has 0 spiro atoms. The fourth-order valence-corrected chi connectivity index (χ4v) is 1.77. The van der Waals surface area contributed by atoms with Crippen molar-refractivity contribution in [1.29, 1.82) is 0 Å². The first-order valence-corrected chi connectivity index (χ1v) is 4.67. The number of nitrogens with zero attached hydrogens (tertiary/aromatic N) is 1. The molecule has 4 nitrogen and oxygen atoms in total. The quantitative estimate of drug-likeness (QED) is 0.705. The highest BCUT2D eigenvalue weighted by Gasteiger charge is 2.18. The van der Waals surface area contributed by atoms with Gasteiger partial charge in [-0.25, -0.2) is 4.79 Å². The molecule has 1 aliphatic heterocycles. The van der Waals surface area contributed by atoms with Crippen molar-refractivity contribution < 1.29 is 9.53 Å². The van der Waals surface area contributed by atoms with E-state index in [1.165, 1.54) is 0 Å². The Balaban J connectivity index is 2.30. The van der Waals surface area contributed by atoms with E-state index in [2.05, 4.69) is 10.3 Å². The zero-order valence-electron chi connectivity index (χ0n) is 7.86. The molecule has 4 heteroatoms. The Kier molecular flexibility index (Phi) is 1.62. The molecular weight excluding hydrogens is 192 g/mol. The van der Waals surface area contributed by atoms with Gasteiger partial charge in [-0.15, -0.1) is 0 Å². The molecule has 1 aliphatic rings. The van der Waals surface area contributed by atoms with Gasteiger partial charge >= 0.3 is 6.09 Å². The first kappa shape index (κ1) is 8.23. The smallest absolute Gasteiger partial charge is 0.410 e. The second-order valence-corrected chi connectivity index (χ2v) is 3.36. The third-order valence-corrected chi connectivity index (χ3v) is 2.47. The number of carbonyl (C=O) groups is 1. The number of rotatable bonds is 0. The molecule has 3 rings (SSSR count). The third kappa shape index (κ3) is 1.22. The maximum atomic E-state index is 11.0. The lowest BCUT2D eigenvalue weighted by Crippen LogP contribution is -2.31. The fourth-order valence-electron chi connectivity index (χ4n) is 1.77. The number of carbonyl (C=O) groups excluding carboxylic acids is 1. The average molecular weight is 200 g/mol. The van der Waals surface area contributed by atoms with Crippen LogP contribution < -0.4 is 10.1 Å². The molecule has 15 heavy (non-hydrogen) atoms. The average Bonchev–Trinajstić information content (AvgIpc) is 2.28. The molecule has 1 aromatic heterocycles. The van der Waals surface area contributed by atoms with Crippen molar-refractivity contribution in [2.45, 2.75) is 6.54 Å². The summed E-state index contributed by atoms with van der Waals surface area (Å²) in [6.45, 7) is 0.497. The van der Waals surface area contributed by atoms with Crippen LogP contribution in [0.3, 0.4) is 0 Å². The summed E-state index contributed by atoms with van der Waals surface area (Å²) in [5.74, 6) is 0.624. The summed E-state index contributed by atoms with van der Waals surface area (Å²) in [5, 5.41) is 3.66. The van der Waals surface area contributed by atoms with Crippen LogP contribution in [0.25, 0.3) is 10.9 Å². The SMILES string of the molecule is O=C1NCc2c(ccc3ncccc23)O1. The lowest BCUT2D eigenvalue weighted by molar-refractivity contribution is 0.195. The number of fused-ring (bicyclic) bond motifs is 3. The Hall–Kier alpha value is -2.10. The molecule has 0 unspecified atom stereocenters. The van der Waals surface area contributed by atoms with Crippen molar-refractivity contribution in [3.05, 3.63) is 36.0 Å². The summed E-state index contributed by atoms with van der Waals surface area (Å²) in [6, 6.07) is 7.48. The monoisotopic (exact) mass is 200 g/mol. The first-order chi connectivity index (χ1) is 7.34. The molecule has 74 valence electrons. The Labute approximate surface area is 85.9 Å². The number of nitrogens with one attached hydrogen (secondary N) is 1. The zero-order valence-corrected chi connectivity index (χ0v) is 7.86. The second kappa shape index (κ2) is 2.95. The molecule has 0 saturated heterocycles. The van der Waals surface area contributed by atoms with E-state index >= 15 is 0 Å². The third-order valence-electron chi connectivity index (χ3n) is 2.47. The van der Waals surface area contributed by atoms with Crippen LogP contribution in [-0.2, 0) is 6.54 Å². The Morgan fingerprint density at radius 2 is 2.27 bits per heavy atom. The number of ether oxygens (including phenoxy) is 1. The van der Waals surface area contributed by atoms with Crippen molar-refractivity contribution >= 4 is 17.0 Å². The molecular formula is C11H8N2O2. The summed E-state index contributed by atoms with van der Waals surface area (Å²) in [4.78, 5) is 15.3. The summed E-state index contributed by atoms with van der Waals surface area (Å²) < 4.78 is 5.06. The van der Waals surface area contributed by atoms with E-state index in [4.69, 9.17) is 4.74 Å². The van der Waals surface area contributed by atoms with Gasteiger partial charge in [-0.05, 0) is 18.2 Å². The molecule has 0 bridgehead atoms. The number of aromatic nitrogens is 1. The van der Waals surface area contributed by atoms with Crippen LogP contribution in [0, 0.1) is 0 Å². The maximum absolute atomic E-state index is 11.0. The number of hydrogen-bond donors (Lipinski definition) is 1. The van der Waals surface area contributed by atoms with Gasteiger partial charge in [0.05, 0.1) is 12.1 Å². The lowest BCUT2D eigenvalue weighted by atomic mass is 10.1. The van der Waals surface area contributed by atoms with E-state index in [0.29, 0.717) is 12.3 Å². The minimum absolute atomic E-state index is 0.397. The van der Waals surface area contributed by atoms with Gasteiger partial charge in [-0.1, -0.05) is 6.07 Å². The number of amides is 1. The van der Waals surface area contributed by atoms with Crippen molar-refractivity contribution in [3.63, 3.8) is 0 Å². The predicted molar refractivity (Wildman–Crippen MR) is 54.6 cm³/mol. The van der Waals surface area contributed by atoms with Crippen LogP contribution in [0.2, 0.25) is 0 Å². The van der Waals surface area contributed by atoms with Gasteiger partial charge < -0.3 is 10.1 Å². The van der Waals surface area contributed by atoms with Crippen LogP contribution in [0.1, 0.15) is 5.56 Å². The normalized spacial score (nSPS) is 14.3. The first-order valence-electron chi connectivity index (χ1n) is 4.67. The van der Waals surface area contributed by atoms with Crippen molar-refractivity contribution in [2.24, 2.45) is 0 Å². The van der Waals surface area contributed by atoms with E-state index in [-0.39, 0.29) is 0 Å².